The summed E-state index contributed by atoms with van der Waals surface area (Å²) in [5.41, 5.74) is 2.54. The van der Waals surface area contributed by atoms with Crippen molar-refractivity contribution in [2.75, 3.05) is 25.0 Å². The minimum absolute atomic E-state index is 0.481. The first-order valence-electron chi connectivity index (χ1n) is 7.05. The number of nitrogens with zero attached hydrogens (tertiary/aromatic N) is 4. The van der Waals surface area contributed by atoms with Crippen LogP contribution in [0.5, 0.6) is 0 Å². The number of nitrogens with one attached hydrogen (secondary N) is 1. The van der Waals surface area contributed by atoms with Gasteiger partial charge in [0.2, 0.25) is 0 Å². The van der Waals surface area contributed by atoms with E-state index in [9.17, 15) is 0 Å². The van der Waals surface area contributed by atoms with Gasteiger partial charge in [-0.3, -0.25) is 4.90 Å². The van der Waals surface area contributed by atoms with E-state index in [0.29, 0.717) is 12.6 Å². The zero-order chi connectivity index (χ0) is 13.1. The molecular formula is C14H19N5. The minimum atomic E-state index is 0.481. The number of aromatic nitrogens is 2. The van der Waals surface area contributed by atoms with Crippen LogP contribution < -0.4 is 5.32 Å². The largest absolute Gasteiger partial charge is 0.367 e. The third-order valence-corrected chi connectivity index (χ3v) is 4.10. The van der Waals surface area contributed by atoms with Gasteiger partial charge in [-0.25, -0.2) is 9.97 Å². The summed E-state index contributed by atoms with van der Waals surface area (Å²) in [6.07, 6.45) is 7.24. The maximum absolute atomic E-state index is 8.70. The Hall–Kier alpha value is -1.67. The third-order valence-electron chi connectivity index (χ3n) is 4.10. The van der Waals surface area contributed by atoms with E-state index in [2.05, 4.69) is 26.3 Å². The molecule has 5 heteroatoms. The lowest BCUT2D eigenvalue weighted by atomic mass is 10.0. The Balaban J connectivity index is 1.61. The average Bonchev–Trinajstić information content (AvgIpc) is 2.91. The van der Waals surface area contributed by atoms with E-state index < -0.39 is 0 Å². The average molecular weight is 257 g/mol. The quantitative estimate of drug-likeness (QED) is 0.828. The lowest BCUT2D eigenvalue weighted by Crippen LogP contribution is -2.39. The zero-order valence-corrected chi connectivity index (χ0v) is 11.1. The topological polar surface area (TPSA) is 64.8 Å². The van der Waals surface area contributed by atoms with Crippen molar-refractivity contribution in [2.24, 2.45) is 0 Å². The first-order valence-corrected chi connectivity index (χ1v) is 7.05. The number of hydrogen-bond donors (Lipinski definition) is 1. The highest BCUT2D eigenvalue weighted by Crippen LogP contribution is 2.26. The molecule has 3 rings (SSSR count). The van der Waals surface area contributed by atoms with E-state index >= 15 is 0 Å². The molecule has 0 aromatic carbocycles. The normalized spacial score (nSPS) is 19.9. The van der Waals surface area contributed by atoms with Crippen LogP contribution in [0.2, 0.25) is 0 Å². The smallest absolute Gasteiger partial charge is 0.133 e. The Kier molecular flexibility index (Phi) is 3.60. The van der Waals surface area contributed by atoms with Gasteiger partial charge < -0.3 is 5.32 Å². The molecule has 1 aliphatic heterocycles. The van der Waals surface area contributed by atoms with Crippen molar-refractivity contribution in [2.45, 2.75) is 38.1 Å². The fourth-order valence-electron chi connectivity index (χ4n) is 3.01. The molecule has 0 atom stereocenters. The summed E-state index contributed by atoms with van der Waals surface area (Å²) in [6.45, 7) is 2.55. The molecule has 100 valence electrons. The summed E-state index contributed by atoms with van der Waals surface area (Å²) >= 11 is 0. The molecule has 0 radical (unpaired) electrons. The fraction of sp³-hybridized carbons (Fsp3) is 0.643. The van der Waals surface area contributed by atoms with Gasteiger partial charge in [-0.15, -0.1) is 0 Å². The van der Waals surface area contributed by atoms with E-state index in [1.807, 2.05) is 0 Å². The molecule has 1 fully saturated rings. The van der Waals surface area contributed by atoms with E-state index in [4.69, 9.17) is 5.26 Å². The van der Waals surface area contributed by atoms with Gasteiger partial charge in [-0.2, -0.15) is 5.26 Å². The van der Waals surface area contributed by atoms with Crippen LogP contribution in [0.25, 0.3) is 0 Å². The number of aryl methyl sites for hydroxylation is 1. The molecule has 2 aliphatic rings. The first kappa shape index (κ1) is 12.4. The zero-order valence-electron chi connectivity index (χ0n) is 11.1. The second-order valence-corrected chi connectivity index (χ2v) is 5.35. The predicted octanol–water partition coefficient (Wildman–Crippen LogP) is 1.37. The van der Waals surface area contributed by atoms with Crippen LogP contribution in [-0.4, -0.2) is 40.5 Å². The molecule has 1 N–H and O–H groups in total. The van der Waals surface area contributed by atoms with Gasteiger partial charge in [0.25, 0.3) is 0 Å². The summed E-state index contributed by atoms with van der Waals surface area (Å²) in [4.78, 5) is 11.0. The molecule has 1 aromatic rings. The number of anilines is 1. The van der Waals surface area contributed by atoms with Crippen molar-refractivity contribution in [1.82, 2.24) is 14.9 Å². The Morgan fingerprint density at radius 2 is 2.16 bits per heavy atom. The summed E-state index contributed by atoms with van der Waals surface area (Å²) in [5, 5.41) is 12.3. The lowest BCUT2D eigenvalue weighted by molar-refractivity contribution is 0.242. The maximum Gasteiger partial charge on any atom is 0.133 e. The third kappa shape index (κ3) is 2.69. The first-order chi connectivity index (χ1) is 9.36. The van der Waals surface area contributed by atoms with Crippen molar-refractivity contribution in [3.8, 4) is 6.07 Å². The molecule has 5 nitrogen and oxygen atoms in total. The van der Waals surface area contributed by atoms with Gasteiger partial charge >= 0.3 is 0 Å². The highest BCUT2D eigenvalue weighted by atomic mass is 15.1. The van der Waals surface area contributed by atoms with Gasteiger partial charge in [-0.1, -0.05) is 0 Å². The van der Waals surface area contributed by atoms with Crippen molar-refractivity contribution < 1.29 is 0 Å². The molecule has 0 amide bonds. The maximum atomic E-state index is 8.70. The van der Waals surface area contributed by atoms with Crippen molar-refractivity contribution in [1.29, 1.82) is 5.26 Å². The molecule has 0 spiro atoms. The molecule has 0 unspecified atom stereocenters. The van der Waals surface area contributed by atoms with Crippen LogP contribution in [0.3, 0.4) is 0 Å². The second kappa shape index (κ2) is 5.54. The molecule has 1 aromatic heterocycles. The highest BCUT2D eigenvalue weighted by Gasteiger charge is 2.22. The van der Waals surface area contributed by atoms with Crippen LogP contribution in [-0.2, 0) is 12.8 Å². The van der Waals surface area contributed by atoms with Gasteiger partial charge in [0.1, 0.15) is 12.1 Å². The Labute approximate surface area is 113 Å². The Morgan fingerprint density at radius 1 is 1.32 bits per heavy atom. The molecular weight excluding hydrogens is 238 g/mol. The molecule has 1 aliphatic carbocycles. The van der Waals surface area contributed by atoms with Crippen molar-refractivity contribution in [3.05, 3.63) is 17.6 Å². The van der Waals surface area contributed by atoms with Crippen molar-refractivity contribution >= 4 is 5.82 Å². The summed E-state index contributed by atoms with van der Waals surface area (Å²) < 4.78 is 0. The number of likely N-dealkylation sites (tertiary alicyclic amines) is 1. The van der Waals surface area contributed by atoms with Gasteiger partial charge in [0.15, 0.2) is 0 Å². The predicted molar refractivity (Wildman–Crippen MR) is 72.8 cm³/mol. The monoisotopic (exact) mass is 257 g/mol. The summed E-state index contributed by atoms with van der Waals surface area (Å²) in [7, 11) is 0. The fourth-order valence-corrected chi connectivity index (χ4v) is 3.01. The summed E-state index contributed by atoms with van der Waals surface area (Å²) in [6, 6.07) is 2.70. The molecule has 1 saturated heterocycles. The van der Waals surface area contributed by atoms with Crippen LogP contribution in [0, 0.1) is 11.3 Å². The number of hydrogen-bond acceptors (Lipinski definition) is 5. The van der Waals surface area contributed by atoms with Crippen LogP contribution in [0.15, 0.2) is 6.33 Å². The van der Waals surface area contributed by atoms with Gasteiger partial charge in [0.05, 0.1) is 12.6 Å². The number of fused-ring (bicyclic) bond motifs is 1. The molecule has 0 bridgehead atoms. The lowest BCUT2D eigenvalue weighted by Gasteiger charge is -2.31. The van der Waals surface area contributed by atoms with E-state index in [1.54, 1.807) is 6.33 Å². The van der Waals surface area contributed by atoms with Crippen molar-refractivity contribution in [3.63, 3.8) is 0 Å². The van der Waals surface area contributed by atoms with Crippen LogP contribution >= 0.6 is 0 Å². The second-order valence-electron chi connectivity index (χ2n) is 5.35. The van der Waals surface area contributed by atoms with Crippen LogP contribution in [0.4, 0.5) is 5.82 Å². The SMILES string of the molecule is N#CCN1CCC(Nc2ncnc3c2CCC3)CC1. The standard InChI is InChI=1S/C14H19N5/c15-6-9-19-7-4-11(5-8-19)18-14-12-2-1-3-13(12)16-10-17-14/h10-11H,1-5,7-9H2,(H,16,17,18). The highest BCUT2D eigenvalue weighted by molar-refractivity contribution is 5.48. The van der Waals surface area contributed by atoms with E-state index in [1.165, 1.54) is 17.7 Å². The molecule has 19 heavy (non-hydrogen) atoms. The molecule has 2 heterocycles. The minimum Gasteiger partial charge on any atom is -0.367 e. The van der Waals surface area contributed by atoms with Gasteiger partial charge in [-0.05, 0) is 32.1 Å². The Morgan fingerprint density at radius 3 is 2.95 bits per heavy atom. The molecule has 0 saturated carbocycles. The van der Waals surface area contributed by atoms with Gasteiger partial charge in [0, 0.05) is 30.4 Å². The number of rotatable bonds is 3. The van der Waals surface area contributed by atoms with E-state index in [-0.39, 0.29) is 0 Å². The Bertz CT molecular complexity index is 485. The van der Waals surface area contributed by atoms with Crippen LogP contribution in [0.1, 0.15) is 30.5 Å². The summed E-state index contributed by atoms with van der Waals surface area (Å²) in [5.74, 6) is 1.04. The number of piperidine rings is 1. The van der Waals surface area contributed by atoms with E-state index in [0.717, 1.165) is 44.6 Å². The number of nitriles is 1.